The normalized spacial score (nSPS) is 10.2. The third-order valence-electron chi connectivity index (χ3n) is 1.97. The lowest BCUT2D eigenvalue weighted by Crippen LogP contribution is -2.02. The molecular weight excluding hydrogens is 210 g/mol. The Bertz CT molecular complexity index is 574. The fourth-order valence-electron chi connectivity index (χ4n) is 1.41. The average Bonchev–Trinajstić information content (AvgIpc) is 2.16. The van der Waals surface area contributed by atoms with E-state index in [0.717, 1.165) is 10.9 Å². The zero-order valence-corrected chi connectivity index (χ0v) is 8.93. The number of hydrogen-bond acceptors (Lipinski definition) is 3. The number of aromatic amines is 1. The molecule has 0 aliphatic carbocycles. The lowest BCUT2D eigenvalue weighted by atomic mass is 10.2. The molecule has 2 rings (SSSR count). The van der Waals surface area contributed by atoms with E-state index in [1.54, 1.807) is 6.07 Å². The van der Waals surface area contributed by atoms with E-state index in [1.807, 2.05) is 24.3 Å². The number of esters is 1. The van der Waals surface area contributed by atoms with Gasteiger partial charge in [-0.15, -0.1) is 0 Å². The van der Waals surface area contributed by atoms with Crippen LogP contribution in [0.2, 0.25) is 0 Å². The van der Waals surface area contributed by atoms with Crippen LogP contribution in [-0.4, -0.2) is 11.0 Å². The van der Waals surface area contributed by atoms with Crippen molar-refractivity contribution in [3.8, 4) is 5.75 Å². The number of H-pyrrole nitrogens is 1. The second kappa shape index (κ2) is 3.82. The van der Waals surface area contributed by atoms with Gasteiger partial charge in [-0.25, -0.2) is 0 Å². The van der Waals surface area contributed by atoms with E-state index in [0.29, 0.717) is 10.4 Å². The fraction of sp³-hybridized carbons (Fsp3) is 0.0909. The minimum atomic E-state index is -0.347. The summed E-state index contributed by atoms with van der Waals surface area (Å²) < 4.78 is 5.63. The standard InChI is InChI=1S/C11H9NO2S/c1-7(13)14-10-6-11(15)12-9-5-3-2-4-8(9)10/h2-6H,1H3,(H,12,15). The number of nitrogens with one attached hydrogen (secondary N) is 1. The first kappa shape index (κ1) is 9.86. The van der Waals surface area contributed by atoms with Gasteiger partial charge in [-0.05, 0) is 12.1 Å². The largest absolute Gasteiger partial charge is 0.426 e. The SMILES string of the molecule is CC(=O)Oc1cc(=S)[nH]c2ccccc12. The molecule has 0 spiro atoms. The maximum absolute atomic E-state index is 10.9. The molecule has 0 bridgehead atoms. The van der Waals surface area contributed by atoms with Crippen LogP contribution in [0.15, 0.2) is 30.3 Å². The topological polar surface area (TPSA) is 42.1 Å². The number of aromatic nitrogens is 1. The highest BCUT2D eigenvalue weighted by atomic mass is 32.1. The molecular formula is C11H9NO2S. The molecule has 0 aliphatic heterocycles. The van der Waals surface area contributed by atoms with Gasteiger partial charge in [-0.2, -0.15) is 0 Å². The second-order valence-corrected chi connectivity index (χ2v) is 3.58. The van der Waals surface area contributed by atoms with E-state index >= 15 is 0 Å². The first-order valence-electron chi connectivity index (χ1n) is 4.47. The molecule has 4 heteroatoms. The Hall–Kier alpha value is -1.68. The van der Waals surface area contributed by atoms with Crippen LogP contribution < -0.4 is 4.74 Å². The van der Waals surface area contributed by atoms with Crippen molar-refractivity contribution in [2.45, 2.75) is 6.92 Å². The summed E-state index contributed by atoms with van der Waals surface area (Å²) in [4.78, 5) is 13.9. The molecule has 15 heavy (non-hydrogen) atoms. The van der Waals surface area contributed by atoms with E-state index < -0.39 is 0 Å². The number of para-hydroxylation sites is 1. The van der Waals surface area contributed by atoms with Crippen molar-refractivity contribution < 1.29 is 9.53 Å². The molecule has 3 nitrogen and oxygen atoms in total. The van der Waals surface area contributed by atoms with Gasteiger partial charge < -0.3 is 9.72 Å². The predicted octanol–water partition coefficient (Wildman–Crippen LogP) is 2.82. The summed E-state index contributed by atoms with van der Waals surface area (Å²) >= 11 is 5.03. The summed E-state index contributed by atoms with van der Waals surface area (Å²) in [6, 6.07) is 9.17. The Morgan fingerprint density at radius 1 is 1.40 bits per heavy atom. The van der Waals surface area contributed by atoms with Crippen LogP contribution >= 0.6 is 12.2 Å². The van der Waals surface area contributed by atoms with Crippen molar-refractivity contribution in [2.75, 3.05) is 0 Å². The number of ether oxygens (including phenoxy) is 1. The zero-order chi connectivity index (χ0) is 10.8. The van der Waals surface area contributed by atoms with Crippen LogP contribution in [0.25, 0.3) is 10.9 Å². The summed E-state index contributed by atoms with van der Waals surface area (Å²) in [7, 11) is 0. The van der Waals surface area contributed by atoms with Crippen LogP contribution in [0.5, 0.6) is 5.75 Å². The van der Waals surface area contributed by atoms with Crippen molar-refractivity contribution in [3.63, 3.8) is 0 Å². The van der Waals surface area contributed by atoms with Gasteiger partial charge in [0, 0.05) is 18.4 Å². The molecule has 0 radical (unpaired) electrons. The van der Waals surface area contributed by atoms with Crippen molar-refractivity contribution >= 4 is 29.1 Å². The first-order valence-corrected chi connectivity index (χ1v) is 4.88. The van der Waals surface area contributed by atoms with Gasteiger partial charge in [0.15, 0.2) is 0 Å². The second-order valence-electron chi connectivity index (χ2n) is 3.14. The number of benzene rings is 1. The molecule has 0 saturated heterocycles. The lowest BCUT2D eigenvalue weighted by Gasteiger charge is -2.05. The highest BCUT2D eigenvalue weighted by Crippen LogP contribution is 2.23. The summed E-state index contributed by atoms with van der Waals surface area (Å²) in [6.45, 7) is 1.37. The van der Waals surface area contributed by atoms with E-state index in [-0.39, 0.29) is 5.97 Å². The van der Waals surface area contributed by atoms with Crippen molar-refractivity contribution in [1.82, 2.24) is 4.98 Å². The number of rotatable bonds is 1. The molecule has 0 saturated carbocycles. The fourth-order valence-corrected chi connectivity index (χ4v) is 1.63. The van der Waals surface area contributed by atoms with Gasteiger partial charge in [0.05, 0.1) is 5.52 Å². The maximum Gasteiger partial charge on any atom is 0.308 e. The molecule has 1 aromatic carbocycles. The summed E-state index contributed by atoms with van der Waals surface area (Å²) in [5.74, 6) is 0.155. The Morgan fingerprint density at radius 3 is 2.87 bits per heavy atom. The molecule has 0 fully saturated rings. The Kier molecular flexibility index (Phi) is 2.51. The molecule has 0 aliphatic rings. The molecule has 1 aromatic heterocycles. The number of fused-ring (bicyclic) bond motifs is 1. The maximum atomic E-state index is 10.9. The number of pyridine rings is 1. The third-order valence-corrected chi connectivity index (χ3v) is 2.19. The minimum Gasteiger partial charge on any atom is -0.426 e. The minimum absolute atomic E-state index is 0.347. The Labute approximate surface area is 91.7 Å². The summed E-state index contributed by atoms with van der Waals surface area (Å²) in [6.07, 6.45) is 0. The number of hydrogen-bond donors (Lipinski definition) is 1. The van der Waals surface area contributed by atoms with Crippen LogP contribution in [-0.2, 0) is 4.79 Å². The van der Waals surface area contributed by atoms with E-state index in [2.05, 4.69) is 4.98 Å². The smallest absolute Gasteiger partial charge is 0.308 e. The Morgan fingerprint density at radius 2 is 2.13 bits per heavy atom. The van der Waals surface area contributed by atoms with Crippen LogP contribution in [0.1, 0.15) is 6.92 Å². The Balaban J connectivity index is 2.71. The van der Waals surface area contributed by atoms with Crippen LogP contribution in [0.3, 0.4) is 0 Å². The predicted molar refractivity (Wildman–Crippen MR) is 60.4 cm³/mol. The van der Waals surface area contributed by atoms with Gasteiger partial charge in [0.1, 0.15) is 10.4 Å². The van der Waals surface area contributed by atoms with E-state index in [9.17, 15) is 4.79 Å². The van der Waals surface area contributed by atoms with Crippen LogP contribution in [0, 0.1) is 4.64 Å². The number of carbonyl (C=O) groups excluding carboxylic acids is 1. The third kappa shape index (κ3) is 2.05. The number of carbonyl (C=O) groups is 1. The molecule has 1 heterocycles. The van der Waals surface area contributed by atoms with Crippen LogP contribution in [0.4, 0.5) is 0 Å². The summed E-state index contributed by atoms with van der Waals surface area (Å²) in [5.41, 5.74) is 0.862. The molecule has 76 valence electrons. The highest BCUT2D eigenvalue weighted by Gasteiger charge is 2.04. The first-order chi connectivity index (χ1) is 7.16. The van der Waals surface area contributed by atoms with E-state index in [4.69, 9.17) is 17.0 Å². The molecule has 0 unspecified atom stereocenters. The molecule has 1 N–H and O–H groups in total. The lowest BCUT2D eigenvalue weighted by molar-refractivity contribution is -0.131. The van der Waals surface area contributed by atoms with E-state index in [1.165, 1.54) is 6.92 Å². The zero-order valence-electron chi connectivity index (χ0n) is 8.11. The van der Waals surface area contributed by atoms with Crippen molar-refractivity contribution in [1.29, 1.82) is 0 Å². The average molecular weight is 219 g/mol. The van der Waals surface area contributed by atoms with Crippen molar-refractivity contribution in [2.24, 2.45) is 0 Å². The van der Waals surface area contributed by atoms with Gasteiger partial charge >= 0.3 is 5.97 Å². The molecule has 0 amide bonds. The monoisotopic (exact) mass is 219 g/mol. The molecule has 0 atom stereocenters. The quantitative estimate of drug-likeness (QED) is 0.592. The molecule has 2 aromatic rings. The van der Waals surface area contributed by atoms with Crippen molar-refractivity contribution in [3.05, 3.63) is 35.0 Å². The van der Waals surface area contributed by atoms with Gasteiger partial charge in [-0.3, -0.25) is 4.79 Å². The highest BCUT2D eigenvalue weighted by molar-refractivity contribution is 7.71. The summed E-state index contributed by atoms with van der Waals surface area (Å²) in [5, 5.41) is 0.848. The van der Waals surface area contributed by atoms with Gasteiger partial charge in [0.25, 0.3) is 0 Å². The van der Waals surface area contributed by atoms with Gasteiger partial charge in [0.2, 0.25) is 0 Å². The van der Waals surface area contributed by atoms with Gasteiger partial charge in [-0.1, -0.05) is 24.4 Å².